The van der Waals surface area contributed by atoms with Crippen LogP contribution in [-0.4, -0.2) is 25.0 Å². The van der Waals surface area contributed by atoms with Gasteiger partial charge in [0, 0.05) is 0 Å². The third-order valence-electron chi connectivity index (χ3n) is 5.05. The summed E-state index contributed by atoms with van der Waals surface area (Å²) in [7, 11) is -1.66. The Hall–Kier alpha value is 0.559. The maximum atomic E-state index is 12.5. The van der Waals surface area contributed by atoms with Crippen LogP contribution in [0.3, 0.4) is 0 Å². The molecule has 0 saturated carbocycles. The van der Waals surface area contributed by atoms with Gasteiger partial charge in [-0.2, -0.15) is 0 Å². The van der Waals surface area contributed by atoms with E-state index >= 15 is 0 Å². The predicted octanol–water partition coefficient (Wildman–Crippen LogP) is 6.99. The first-order valence-electron chi connectivity index (χ1n) is 10.3. The maximum absolute atomic E-state index is 12.5. The zero-order valence-electron chi connectivity index (χ0n) is 16.8. The molecule has 0 N–H and O–H groups in total. The van der Waals surface area contributed by atoms with Gasteiger partial charge in [-0.1, -0.05) is 0 Å². The average Bonchev–Trinajstić information content (AvgIpc) is 3.12. The Morgan fingerprint density at radius 1 is 0.920 bits per heavy atom. The van der Waals surface area contributed by atoms with Crippen LogP contribution in [0.1, 0.15) is 79.1 Å². The van der Waals surface area contributed by atoms with Gasteiger partial charge in [0.1, 0.15) is 0 Å². The molecule has 0 aliphatic rings. The fourth-order valence-corrected chi connectivity index (χ4v) is 24.8. The van der Waals surface area contributed by atoms with Crippen molar-refractivity contribution in [2.24, 2.45) is 0 Å². The van der Waals surface area contributed by atoms with Crippen LogP contribution in [0, 0.1) is 0 Å². The van der Waals surface area contributed by atoms with Crippen LogP contribution in [0.25, 0.3) is 0 Å². The number of thiophene rings is 1. The van der Waals surface area contributed by atoms with Crippen LogP contribution in [0.4, 0.5) is 0 Å². The Kier molecular flexibility index (Phi) is 12.9. The first-order valence-corrected chi connectivity index (χ1v) is 19.9. The van der Waals surface area contributed by atoms with Gasteiger partial charge in [-0.25, -0.2) is 0 Å². The van der Waals surface area contributed by atoms with Crippen LogP contribution in [0.5, 0.6) is 0 Å². The molecule has 1 atom stereocenters. The summed E-state index contributed by atoms with van der Waals surface area (Å²) in [5.74, 6) is 0. The van der Waals surface area contributed by atoms with E-state index < -0.39 is 26.4 Å². The first-order chi connectivity index (χ1) is 12.1. The van der Waals surface area contributed by atoms with Crippen LogP contribution in [0.15, 0.2) is 11.4 Å². The molecule has 0 aliphatic heterocycles. The molecule has 0 fully saturated rings. The molecule has 1 unspecified atom stereocenters. The molecule has 0 radical (unpaired) electrons. The summed E-state index contributed by atoms with van der Waals surface area (Å²) in [4.78, 5) is 0. The summed E-state index contributed by atoms with van der Waals surface area (Å²) >= 11 is -0.452. The monoisotopic (exact) mass is 493 g/mol. The van der Waals surface area contributed by atoms with Gasteiger partial charge in [0.2, 0.25) is 0 Å². The minimum atomic E-state index is -2.36. The molecule has 0 bridgehead atoms. The number of hydrogen-bond donors (Lipinski definition) is 0. The molecule has 1 aromatic rings. The Balaban J connectivity index is 2.97. The van der Waals surface area contributed by atoms with E-state index in [1.807, 2.05) is 11.3 Å². The van der Waals surface area contributed by atoms with Crippen molar-refractivity contribution in [3.05, 3.63) is 11.4 Å². The minimum absolute atomic E-state index is 0.618. The Morgan fingerprint density at radius 2 is 1.44 bits per heavy atom. The van der Waals surface area contributed by atoms with Gasteiger partial charge < -0.3 is 0 Å². The fourth-order valence-electron chi connectivity index (χ4n) is 3.36. The molecular formula is C20H38O2PSSn+. The van der Waals surface area contributed by atoms with Gasteiger partial charge >= 0.3 is 165 Å². The summed E-state index contributed by atoms with van der Waals surface area (Å²) in [5, 5.41) is 3.09. The Bertz CT molecular complexity index is 468. The molecule has 0 spiro atoms. The molecule has 0 saturated heterocycles. The van der Waals surface area contributed by atoms with Gasteiger partial charge in [0.15, 0.2) is 0 Å². The second-order valence-corrected chi connectivity index (χ2v) is 23.6. The molecule has 0 amide bonds. The number of unbranched alkanes of at least 4 members (excludes halogenated alkanes) is 4. The average molecular weight is 492 g/mol. The van der Waals surface area contributed by atoms with E-state index in [1.165, 1.54) is 51.8 Å². The van der Waals surface area contributed by atoms with Gasteiger partial charge in [-0.3, -0.25) is 0 Å². The van der Waals surface area contributed by atoms with Crippen molar-refractivity contribution in [3.8, 4) is 0 Å². The van der Waals surface area contributed by atoms with Crippen LogP contribution >= 0.6 is 19.4 Å². The molecule has 144 valence electrons. The quantitative estimate of drug-likeness (QED) is 0.150. The molecule has 1 aromatic heterocycles. The fraction of sp³-hybridized carbons (Fsp3) is 0.800. The van der Waals surface area contributed by atoms with E-state index in [0.717, 1.165) is 18.1 Å². The van der Waals surface area contributed by atoms with Gasteiger partial charge in [0.25, 0.3) is 0 Å². The molecule has 25 heavy (non-hydrogen) atoms. The third-order valence-corrected chi connectivity index (χ3v) is 25.6. The summed E-state index contributed by atoms with van der Waals surface area (Å²) < 4.78 is 24.1. The molecule has 2 nitrogen and oxygen atoms in total. The second kappa shape index (κ2) is 13.7. The van der Waals surface area contributed by atoms with Crippen molar-refractivity contribution in [1.82, 2.24) is 0 Å². The molecular weight excluding hydrogens is 454 g/mol. The molecule has 5 heteroatoms. The SMILES string of the molecule is CCCCO[P+](=O)c1cs[c]([Sn]([CH2]CCC)([CH2]CCC)[CH2]CCC)c1. The van der Waals surface area contributed by atoms with Crippen LogP contribution in [-0.2, 0) is 9.09 Å². The van der Waals surface area contributed by atoms with E-state index in [1.54, 1.807) is 2.89 Å². The zero-order valence-corrected chi connectivity index (χ0v) is 21.4. The van der Waals surface area contributed by atoms with Gasteiger partial charge in [0.05, 0.1) is 0 Å². The third kappa shape index (κ3) is 7.99. The van der Waals surface area contributed by atoms with Crippen molar-refractivity contribution in [2.45, 2.75) is 92.4 Å². The molecule has 1 rings (SSSR count). The Morgan fingerprint density at radius 3 is 1.92 bits per heavy atom. The van der Waals surface area contributed by atoms with E-state index in [-0.39, 0.29) is 0 Å². The molecule has 0 aromatic carbocycles. The van der Waals surface area contributed by atoms with E-state index in [0.29, 0.717) is 6.61 Å². The van der Waals surface area contributed by atoms with E-state index in [9.17, 15) is 4.57 Å². The molecule has 1 heterocycles. The van der Waals surface area contributed by atoms with Crippen molar-refractivity contribution < 1.29 is 9.09 Å². The number of rotatable bonds is 15. The first kappa shape index (κ1) is 23.6. The number of hydrogen-bond acceptors (Lipinski definition) is 3. The van der Waals surface area contributed by atoms with Crippen molar-refractivity contribution >= 4 is 45.9 Å². The topological polar surface area (TPSA) is 26.3 Å². The van der Waals surface area contributed by atoms with Crippen LogP contribution in [0.2, 0.25) is 13.3 Å². The van der Waals surface area contributed by atoms with Crippen LogP contribution < -0.4 is 8.20 Å². The standard InChI is InChI=1S/C8H11O2PS.3C4H9.Sn/c1-2-3-5-10-11(9)8-4-6-12-7-8;3*1-3-4-2;/h4,7H,2-3,5H2,1H3;3*1,3-4H2,2H3;/q+1;;;;. The summed E-state index contributed by atoms with van der Waals surface area (Å²) in [6.07, 6.45) is 10.1. The van der Waals surface area contributed by atoms with E-state index in [2.05, 4.69) is 39.1 Å². The zero-order chi connectivity index (χ0) is 18.5. The summed E-state index contributed by atoms with van der Waals surface area (Å²) in [6.45, 7) is 9.70. The normalized spacial score (nSPS) is 12.6. The molecule has 0 aliphatic carbocycles. The van der Waals surface area contributed by atoms with Crippen molar-refractivity contribution in [3.63, 3.8) is 0 Å². The Labute approximate surface area is 164 Å². The summed E-state index contributed by atoms with van der Waals surface area (Å²) in [6, 6.07) is 2.30. The van der Waals surface area contributed by atoms with Gasteiger partial charge in [-0.05, 0) is 0 Å². The second-order valence-electron chi connectivity index (χ2n) is 7.20. The summed E-state index contributed by atoms with van der Waals surface area (Å²) in [5.41, 5.74) is 0. The van der Waals surface area contributed by atoms with Crippen molar-refractivity contribution in [1.29, 1.82) is 0 Å². The van der Waals surface area contributed by atoms with Crippen molar-refractivity contribution in [2.75, 3.05) is 6.61 Å². The van der Waals surface area contributed by atoms with E-state index in [4.69, 9.17) is 4.52 Å². The predicted molar refractivity (Wildman–Crippen MR) is 117 cm³/mol. The van der Waals surface area contributed by atoms with Gasteiger partial charge in [-0.15, -0.1) is 0 Å².